The largest absolute Gasteiger partial charge is 0.464 e. The zero-order valence-electron chi connectivity index (χ0n) is 23.5. The van der Waals surface area contributed by atoms with Crippen molar-refractivity contribution in [2.75, 3.05) is 26.2 Å². The Morgan fingerprint density at radius 1 is 1.13 bits per heavy atom. The number of fused-ring (bicyclic) bond motifs is 3. The summed E-state index contributed by atoms with van der Waals surface area (Å²) in [5.41, 5.74) is 3.73. The van der Waals surface area contributed by atoms with Gasteiger partial charge in [-0.2, -0.15) is 15.2 Å². The molecule has 0 unspecified atom stereocenters. The van der Waals surface area contributed by atoms with Crippen LogP contribution in [0.15, 0.2) is 18.2 Å². The SMILES string of the molecule is CCOc1nc(C)c2nc(CC(C)C)n(Cc3ccc(CN4C[C@H]5C[C@@H]4CN5CC4(C#N)CC4)cc3F)c2n1. The lowest BCUT2D eigenvalue weighted by Gasteiger charge is -2.35. The summed E-state index contributed by atoms with van der Waals surface area (Å²) in [6.07, 6.45) is 4.00. The predicted molar refractivity (Wildman–Crippen MR) is 147 cm³/mol. The number of ether oxygens (including phenoxy) is 1. The first-order valence-corrected chi connectivity index (χ1v) is 14.3. The lowest BCUT2D eigenvalue weighted by atomic mass is 10.1. The third-order valence-corrected chi connectivity index (χ3v) is 8.59. The van der Waals surface area contributed by atoms with Crippen molar-refractivity contribution in [2.24, 2.45) is 11.3 Å². The maximum absolute atomic E-state index is 15.5. The molecule has 9 heteroatoms. The van der Waals surface area contributed by atoms with Crippen LogP contribution >= 0.6 is 0 Å². The van der Waals surface area contributed by atoms with E-state index in [1.54, 1.807) is 6.07 Å². The van der Waals surface area contributed by atoms with E-state index in [0.29, 0.717) is 48.4 Å². The molecular weight excluding hydrogens is 493 g/mol. The third kappa shape index (κ3) is 5.12. The Morgan fingerprint density at radius 2 is 1.90 bits per heavy atom. The van der Waals surface area contributed by atoms with Crippen LogP contribution in [0.25, 0.3) is 11.2 Å². The molecule has 1 aromatic carbocycles. The average molecular weight is 532 g/mol. The van der Waals surface area contributed by atoms with Crippen molar-refractivity contribution >= 4 is 11.2 Å². The molecule has 2 aliphatic heterocycles. The Hall–Kier alpha value is -3.09. The van der Waals surface area contributed by atoms with Gasteiger partial charge in [-0.15, -0.1) is 0 Å². The van der Waals surface area contributed by atoms with E-state index in [0.717, 1.165) is 74.5 Å². The van der Waals surface area contributed by atoms with Gasteiger partial charge in [-0.05, 0) is 50.7 Å². The molecular formula is C30H38FN7O. The molecule has 4 heterocycles. The summed E-state index contributed by atoms with van der Waals surface area (Å²) in [5.74, 6) is 1.08. The van der Waals surface area contributed by atoms with Gasteiger partial charge in [0.05, 0.1) is 30.3 Å². The molecule has 0 N–H and O–H groups in total. The maximum Gasteiger partial charge on any atom is 0.318 e. The Bertz CT molecular complexity index is 1420. The van der Waals surface area contributed by atoms with Gasteiger partial charge in [0.15, 0.2) is 5.65 Å². The minimum atomic E-state index is -0.198. The van der Waals surface area contributed by atoms with Crippen molar-refractivity contribution in [3.63, 3.8) is 0 Å². The number of hydrogen-bond acceptors (Lipinski definition) is 7. The molecule has 39 heavy (non-hydrogen) atoms. The van der Waals surface area contributed by atoms with Gasteiger partial charge in [-0.1, -0.05) is 26.0 Å². The number of benzene rings is 1. The summed E-state index contributed by atoms with van der Waals surface area (Å²) in [6.45, 7) is 12.7. The standard InChI is InChI=1S/C30H38FN7O/c1-5-39-29-33-20(4)27-28(35-29)38(26(34-27)10-19(2)3)14-22-7-6-21(11-25(22)31)13-36-15-24-12-23(36)16-37(24)18-30(17-32)8-9-30/h6-7,11,19,23-24H,5,8-10,12-16,18H2,1-4H3/t23-,24-/m1/s1. The summed E-state index contributed by atoms with van der Waals surface area (Å²) in [7, 11) is 0. The molecule has 8 nitrogen and oxygen atoms in total. The molecule has 2 bridgehead atoms. The van der Waals surface area contributed by atoms with Crippen LogP contribution in [0.4, 0.5) is 4.39 Å². The number of piperazine rings is 1. The highest BCUT2D eigenvalue weighted by Gasteiger charge is 2.50. The van der Waals surface area contributed by atoms with E-state index in [2.05, 4.69) is 45.8 Å². The van der Waals surface area contributed by atoms with E-state index in [4.69, 9.17) is 9.72 Å². The molecule has 0 amide bonds. The predicted octanol–water partition coefficient (Wildman–Crippen LogP) is 4.48. The highest BCUT2D eigenvalue weighted by atomic mass is 19.1. The lowest BCUT2D eigenvalue weighted by molar-refractivity contribution is 0.112. The van der Waals surface area contributed by atoms with Crippen LogP contribution < -0.4 is 4.74 Å². The Labute approximate surface area is 229 Å². The molecule has 3 fully saturated rings. The Kier molecular flexibility index (Phi) is 6.80. The van der Waals surface area contributed by atoms with Crippen LogP contribution in [0.1, 0.15) is 62.7 Å². The first-order chi connectivity index (χ1) is 18.8. The van der Waals surface area contributed by atoms with Gasteiger partial charge in [0, 0.05) is 50.2 Å². The first kappa shape index (κ1) is 26.1. The fourth-order valence-corrected chi connectivity index (χ4v) is 6.32. The summed E-state index contributed by atoms with van der Waals surface area (Å²) < 4.78 is 23.1. The number of imidazole rings is 1. The molecule has 3 aromatic rings. The molecule has 1 saturated carbocycles. The number of aryl methyl sites for hydroxylation is 1. The Morgan fingerprint density at radius 3 is 2.54 bits per heavy atom. The van der Waals surface area contributed by atoms with Gasteiger partial charge in [-0.3, -0.25) is 9.80 Å². The molecule has 1 aliphatic carbocycles. The van der Waals surface area contributed by atoms with E-state index >= 15 is 4.39 Å². The first-order valence-electron chi connectivity index (χ1n) is 14.3. The fraction of sp³-hybridized carbons (Fsp3) is 0.600. The highest BCUT2D eigenvalue weighted by molar-refractivity contribution is 5.74. The second-order valence-corrected chi connectivity index (χ2v) is 12.1. The van der Waals surface area contributed by atoms with Crippen molar-refractivity contribution in [1.29, 1.82) is 5.26 Å². The molecule has 206 valence electrons. The highest BCUT2D eigenvalue weighted by Crippen LogP contribution is 2.47. The van der Waals surface area contributed by atoms with Gasteiger partial charge in [0.25, 0.3) is 0 Å². The Balaban J connectivity index is 1.18. The summed E-state index contributed by atoms with van der Waals surface area (Å²) in [6, 6.07) is 9.54. The molecule has 3 aliphatic rings. The van der Waals surface area contributed by atoms with Crippen molar-refractivity contribution in [2.45, 2.75) is 78.6 Å². The number of nitriles is 1. The summed E-state index contributed by atoms with van der Waals surface area (Å²) >= 11 is 0. The van der Waals surface area contributed by atoms with E-state index in [9.17, 15) is 5.26 Å². The van der Waals surface area contributed by atoms with Crippen molar-refractivity contribution in [1.82, 2.24) is 29.3 Å². The van der Waals surface area contributed by atoms with Gasteiger partial charge in [0.2, 0.25) is 0 Å². The fourth-order valence-electron chi connectivity index (χ4n) is 6.32. The monoisotopic (exact) mass is 531 g/mol. The van der Waals surface area contributed by atoms with Crippen LogP contribution in [-0.4, -0.2) is 67.6 Å². The zero-order valence-corrected chi connectivity index (χ0v) is 23.5. The second kappa shape index (κ2) is 10.1. The van der Waals surface area contributed by atoms with E-state index in [1.807, 2.05) is 24.5 Å². The number of halogens is 1. The zero-order chi connectivity index (χ0) is 27.3. The van der Waals surface area contributed by atoms with Gasteiger partial charge in [0.1, 0.15) is 17.2 Å². The van der Waals surface area contributed by atoms with Crippen molar-refractivity contribution in [3.8, 4) is 12.1 Å². The van der Waals surface area contributed by atoms with Crippen LogP contribution in [0, 0.1) is 35.4 Å². The lowest BCUT2D eigenvalue weighted by Crippen LogP contribution is -2.47. The average Bonchev–Trinajstić information content (AvgIpc) is 3.21. The van der Waals surface area contributed by atoms with Crippen LogP contribution in [0.3, 0.4) is 0 Å². The quantitative estimate of drug-likeness (QED) is 0.381. The number of hydrogen-bond donors (Lipinski definition) is 0. The smallest absolute Gasteiger partial charge is 0.318 e. The van der Waals surface area contributed by atoms with Gasteiger partial charge in [-0.25, -0.2) is 9.37 Å². The van der Waals surface area contributed by atoms with E-state index in [1.165, 1.54) is 0 Å². The molecule has 0 spiro atoms. The molecule has 2 saturated heterocycles. The van der Waals surface area contributed by atoms with Crippen LogP contribution in [0.5, 0.6) is 6.01 Å². The van der Waals surface area contributed by atoms with Crippen molar-refractivity contribution < 1.29 is 9.13 Å². The van der Waals surface area contributed by atoms with Gasteiger partial charge < -0.3 is 9.30 Å². The summed E-state index contributed by atoms with van der Waals surface area (Å²) in [4.78, 5) is 19.0. The molecule has 6 rings (SSSR count). The number of rotatable bonds is 10. The van der Waals surface area contributed by atoms with Crippen LogP contribution in [0.2, 0.25) is 0 Å². The number of likely N-dealkylation sites (tertiary alicyclic amines) is 2. The number of nitrogens with zero attached hydrogens (tertiary/aromatic N) is 7. The minimum Gasteiger partial charge on any atom is -0.464 e. The maximum atomic E-state index is 15.5. The summed E-state index contributed by atoms with van der Waals surface area (Å²) in [5, 5.41) is 9.48. The third-order valence-electron chi connectivity index (χ3n) is 8.59. The number of aromatic nitrogens is 4. The minimum absolute atomic E-state index is 0.0841. The molecule has 2 aromatic heterocycles. The topological polar surface area (TPSA) is 83.1 Å². The van der Waals surface area contributed by atoms with E-state index in [-0.39, 0.29) is 11.2 Å². The van der Waals surface area contributed by atoms with Crippen LogP contribution in [-0.2, 0) is 19.5 Å². The molecule has 2 atom stereocenters. The second-order valence-electron chi connectivity index (χ2n) is 12.1. The van der Waals surface area contributed by atoms with E-state index < -0.39 is 0 Å². The van der Waals surface area contributed by atoms with Gasteiger partial charge >= 0.3 is 6.01 Å². The van der Waals surface area contributed by atoms with Crippen molar-refractivity contribution in [3.05, 3.63) is 46.7 Å². The normalized spacial score (nSPS) is 22.2. The molecule has 0 radical (unpaired) electrons.